The fourth-order valence-electron chi connectivity index (χ4n) is 2.31. The molecule has 0 radical (unpaired) electrons. The number of benzene rings is 1. The van der Waals surface area contributed by atoms with Crippen LogP contribution in [-0.2, 0) is 11.3 Å². The molecule has 8 heteroatoms. The van der Waals surface area contributed by atoms with E-state index in [1.807, 2.05) is 32.2 Å². The molecule has 1 N–H and O–H groups in total. The summed E-state index contributed by atoms with van der Waals surface area (Å²) >= 11 is 3.41. The fraction of sp³-hybridized carbons (Fsp3) is 0.235. The van der Waals surface area contributed by atoms with E-state index in [0.29, 0.717) is 24.0 Å². The molecule has 1 aromatic carbocycles. The number of carbonyl (C=O) groups excluding carboxylic acids is 1. The first-order valence-electron chi connectivity index (χ1n) is 7.62. The van der Waals surface area contributed by atoms with Gasteiger partial charge < -0.3 is 14.3 Å². The van der Waals surface area contributed by atoms with Gasteiger partial charge in [-0.2, -0.15) is 4.98 Å². The monoisotopic (exact) mass is 404 g/mol. The van der Waals surface area contributed by atoms with Gasteiger partial charge in [0.2, 0.25) is 17.6 Å². The Kier molecular flexibility index (Phi) is 5.30. The van der Waals surface area contributed by atoms with Crippen LogP contribution in [0.4, 0.5) is 5.69 Å². The Morgan fingerprint density at radius 1 is 1.36 bits per heavy atom. The summed E-state index contributed by atoms with van der Waals surface area (Å²) in [5.41, 5.74) is 1.78. The van der Waals surface area contributed by atoms with Gasteiger partial charge in [-0.05, 0) is 49.9 Å². The smallest absolute Gasteiger partial charge is 0.241 e. The van der Waals surface area contributed by atoms with E-state index in [-0.39, 0.29) is 12.5 Å². The molecule has 1 amide bonds. The van der Waals surface area contributed by atoms with Crippen LogP contribution >= 0.6 is 15.9 Å². The molecule has 0 fully saturated rings. The maximum absolute atomic E-state index is 12.2. The zero-order valence-corrected chi connectivity index (χ0v) is 15.4. The number of likely N-dealkylation sites (N-methyl/N-ethyl adjacent to an activating group) is 1. The lowest BCUT2D eigenvalue weighted by Crippen LogP contribution is -2.30. The third-order valence-electron chi connectivity index (χ3n) is 3.49. The lowest BCUT2D eigenvalue weighted by atomic mass is 10.2. The van der Waals surface area contributed by atoms with E-state index < -0.39 is 0 Å². The molecule has 0 saturated carbocycles. The molecule has 3 aromatic rings. The predicted molar refractivity (Wildman–Crippen MR) is 95.8 cm³/mol. The molecule has 0 aliphatic rings. The normalized spacial score (nSPS) is 11.0. The number of hydrogen-bond donors (Lipinski definition) is 1. The minimum absolute atomic E-state index is 0.112. The van der Waals surface area contributed by atoms with Crippen LogP contribution in [0.2, 0.25) is 0 Å². The van der Waals surface area contributed by atoms with Crippen molar-refractivity contribution in [3.8, 4) is 11.6 Å². The van der Waals surface area contributed by atoms with Gasteiger partial charge in [0.05, 0.1) is 19.4 Å². The maximum atomic E-state index is 12.2. The largest absolute Gasteiger partial charge is 0.461 e. The minimum Gasteiger partial charge on any atom is -0.461 e. The molecule has 0 aliphatic carbocycles. The van der Waals surface area contributed by atoms with E-state index in [4.69, 9.17) is 8.94 Å². The summed E-state index contributed by atoms with van der Waals surface area (Å²) in [4.78, 5) is 18.2. The summed E-state index contributed by atoms with van der Waals surface area (Å²) in [7, 11) is 1.81. The maximum Gasteiger partial charge on any atom is 0.241 e. The number of amides is 1. The quantitative estimate of drug-likeness (QED) is 0.676. The second kappa shape index (κ2) is 7.62. The van der Waals surface area contributed by atoms with Gasteiger partial charge in [-0.25, -0.2) is 0 Å². The molecule has 2 aromatic heterocycles. The molecule has 3 rings (SSSR count). The molecule has 0 unspecified atom stereocenters. The molecule has 0 atom stereocenters. The molecule has 25 heavy (non-hydrogen) atoms. The van der Waals surface area contributed by atoms with Crippen LogP contribution in [-0.4, -0.2) is 34.5 Å². The standard InChI is InChI=1S/C17H17BrN4O3/c1-11-8-12(18)5-6-13(11)19-15(23)9-22(2)10-16-20-17(21-25-16)14-4-3-7-24-14/h3-8H,9-10H2,1-2H3,(H,19,23). The summed E-state index contributed by atoms with van der Waals surface area (Å²) in [5.74, 6) is 1.24. The van der Waals surface area contributed by atoms with Crippen molar-refractivity contribution in [2.45, 2.75) is 13.5 Å². The number of furan rings is 1. The van der Waals surface area contributed by atoms with Crippen LogP contribution in [0, 0.1) is 6.92 Å². The van der Waals surface area contributed by atoms with Gasteiger partial charge in [0.1, 0.15) is 0 Å². The number of hydrogen-bond acceptors (Lipinski definition) is 6. The first kappa shape index (κ1) is 17.4. The topological polar surface area (TPSA) is 84.4 Å². The highest BCUT2D eigenvalue weighted by Gasteiger charge is 2.14. The highest BCUT2D eigenvalue weighted by molar-refractivity contribution is 9.10. The highest BCUT2D eigenvalue weighted by Crippen LogP contribution is 2.20. The van der Waals surface area contributed by atoms with E-state index in [1.165, 1.54) is 0 Å². The summed E-state index contributed by atoms with van der Waals surface area (Å²) in [6.07, 6.45) is 1.55. The molecule has 0 spiro atoms. The van der Waals surface area contributed by atoms with Crippen molar-refractivity contribution in [3.05, 3.63) is 52.5 Å². The molecule has 0 aliphatic heterocycles. The Bertz CT molecular complexity index is 861. The van der Waals surface area contributed by atoms with Crippen LogP contribution in [0.5, 0.6) is 0 Å². The van der Waals surface area contributed by atoms with E-state index in [0.717, 1.165) is 15.7 Å². The Morgan fingerprint density at radius 3 is 2.92 bits per heavy atom. The number of nitrogens with one attached hydrogen (secondary N) is 1. The van der Waals surface area contributed by atoms with Crippen molar-refractivity contribution >= 4 is 27.5 Å². The summed E-state index contributed by atoms with van der Waals surface area (Å²) in [6, 6.07) is 9.22. The van der Waals surface area contributed by atoms with Gasteiger partial charge in [-0.15, -0.1) is 0 Å². The Hall–Kier alpha value is -2.45. The molecular formula is C17H17BrN4O3. The van der Waals surface area contributed by atoms with E-state index in [1.54, 1.807) is 23.3 Å². The van der Waals surface area contributed by atoms with Crippen molar-refractivity contribution in [2.24, 2.45) is 0 Å². The van der Waals surface area contributed by atoms with Gasteiger partial charge in [0.25, 0.3) is 0 Å². The predicted octanol–water partition coefficient (Wildman–Crippen LogP) is 3.47. The zero-order valence-electron chi connectivity index (χ0n) is 13.8. The second-order valence-electron chi connectivity index (χ2n) is 5.67. The van der Waals surface area contributed by atoms with Crippen LogP contribution in [0.3, 0.4) is 0 Å². The van der Waals surface area contributed by atoms with Gasteiger partial charge in [0.15, 0.2) is 5.76 Å². The summed E-state index contributed by atoms with van der Waals surface area (Å²) < 4.78 is 11.4. The van der Waals surface area contributed by atoms with Gasteiger partial charge in [0, 0.05) is 10.2 Å². The van der Waals surface area contributed by atoms with E-state index in [2.05, 4.69) is 31.4 Å². The Morgan fingerprint density at radius 2 is 2.20 bits per heavy atom. The fourth-order valence-corrected chi connectivity index (χ4v) is 2.79. The van der Waals surface area contributed by atoms with Crippen LogP contribution in [0.1, 0.15) is 11.5 Å². The summed E-state index contributed by atoms with van der Waals surface area (Å²) in [5, 5.41) is 6.77. The minimum atomic E-state index is -0.112. The molecule has 130 valence electrons. The average Bonchev–Trinajstić information content (AvgIpc) is 3.21. The van der Waals surface area contributed by atoms with E-state index in [9.17, 15) is 4.79 Å². The number of halogens is 1. The van der Waals surface area contributed by atoms with Crippen molar-refractivity contribution in [3.63, 3.8) is 0 Å². The number of rotatable bonds is 6. The third kappa shape index (κ3) is 4.55. The number of anilines is 1. The Balaban J connectivity index is 1.55. The molecule has 2 heterocycles. The number of nitrogens with zero attached hydrogens (tertiary/aromatic N) is 3. The Labute approximate surface area is 153 Å². The van der Waals surface area contributed by atoms with Gasteiger partial charge in [-0.1, -0.05) is 21.1 Å². The zero-order chi connectivity index (χ0) is 17.8. The SMILES string of the molecule is Cc1cc(Br)ccc1NC(=O)CN(C)Cc1nc(-c2ccco2)no1. The molecule has 0 saturated heterocycles. The van der Waals surface area contributed by atoms with Crippen LogP contribution < -0.4 is 5.32 Å². The first-order chi connectivity index (χ1) is 12.0. The van der Waals surface area contributed by atoms with Crippen molar-refractivity contribution < 1.29 is 13.7 Å². The summed E-state index contributed by atoms with van der Waals surface area (Å²) in [6.45, 7) is 2.51. The first-order valence-corrected chi connectivity index (χ1v) is 8.41. The molecular weight excluding hydrogens is 388 g/mol. The van der Waals surface area contributed by atoms with Gasteiger partial charge >= 0.3 is 0 Å². The highest BCUT2D eigenvalue weighted by atomic mass is 79.9. The van der Waals surface area contributed by atoms with E-state index >= 15 is 0 Å². The van der Waals surface area contributed by atoms with Crippen molar-refractivity contribution in [1.29, 1.82) is 0 Å². The van der Waals surface area contributed by atoms with Crippen molar-refractivity contribution in [1.82, 2.24) is 15.0 Å². The average molecular weight is 405 g/mol. The second-order valence-corrected chi connectivity index (χ2v) is 6.58. The van der Waals surface area contributed by atoms with Crippen molar-refractivity contribution in [2.75, 3.05) is 18.9 Å². The van der Waals surface area contributed by atoms with Gasteiger partial charge in [-0.3, -0.25) is 9.69 Å². The third-order valence-corrected chi connectivity index (χ3v) is 3.98. The van der Waals surface area contributed by atoms with Crippen LogP contribution in [0.15, 0.2) is 50.0 Å². The lowest BCUT2D eigenvalue weighted by molar-refractivity contribution is -0.117. The molecule has 0 bridgehead atoms. The lowest BCUT2D eigenvalue weighted by Gasteiger charge is -2.15. The van der Waals surface area contributed by atoms with Crippen LogP contribution in [0.25, 0.3) is 11.6 Å². The number of carbonyl (C=O) groups is 1. The number of aromatic nitrogens is 2. The molecule has 7 nitrogen and oxygen atoms in total. The number of aryl methyl sites for hydroxylation is 1.